The van der Waals surface area contributed by atoms with Crippen molar-refractivity contribution >= 4 is 17.7 Å². The molecule has 2 aliphatic rings. The average molecular weight is 519 g/mol. The predicted octanol–water partition coefficient (Wildman–Crippen LogP) is 7.23. The highest BCUT2D eigenvalue weighted by molar-refractivity contribution is 6.06. The van der Waals surface area contributed by atoms with Crippen molar-refractivity contribution in [3.63, 3.8) is 0 Å². The second kappa shape index (κ2) is 13.1. The topological polar surface area (TPSA) is 68.2 Å². The number of aryl methyl sites for hydroxylation is 1. The van der Waals surface area contributed by atoms with E-state index in [9.17, 15) is 9.59 Å². The number of carbonyl (C=O) groups excluding carboxylic acids is 2. The molecule has 0 N–H and O–H groups in total. The van der Waals surface area contributed by atoms with E-state index in [2.05, 4.69) is 36.3 Å². The van der Waals surface area contributed by atoms with E-state index in [1.165, 1.54) is 61.8 Å². The Labute approximate surface area is 227 Å². The number of nitrogens with zero attached hydrogens (tertiary/aromatic N) is 2. The van der Waals surface area contributed by atoms with Gasteiger partial charge < -0.3 is 9.57 Å². The Balaban J connectivity index is 1.29. The average Bonchev–Trinajstić information content (AvgIpc) is 3.49. The zero-order valence-corrected chi connectivity index (χ0v) is 23.2. The molecule has 0 spiro atoms. The van der Waals surface area contributed by atoms with Crippen LogP contribution in [-0.2, 0) is 27.2 Å². The number of hydrogen-bond donors (Lipinski definition) is 0. The van der Waals surface area contributed by atoms with Crippen LogP contribution in [-0.4, -0.2) is 40.4 Å². The van der Waals surface area contributed by atoms with E-state index in [4.69, 9.17) is 9.57 Å². The quantitative estimate of drug-likeness (QED) is 0.262. The summed E-state index contributed by atoms with van der Waals surface area (Å²) >= 11 is 0. The zero-order valence-electron chi connectivity index (χ0n) is 23.2. The number of rotatable bonds is 13. The molecule has 204 valence electrons. The van der Waals surface area contributed by atoms with Crippen molar-refractivity contribution in [1.29, 1.82) is 0 Å². The maximum absolute atomic E-state index is 13.4. The summed E-state index contributed by atoms with van der Waals surface area (Å²) < 4.78 is 5.59. The van der Waals surface area contributed by atoms with Crippen LogP contribution in [0.5, 0.6) is 0 Å². The summed E-state index contributed by atoms with van der Waals surface area (Å²) in [6.45, 7) is 5.95. The molecule has 0 saturated carbocycles. The van der Waals surface area contributed by atoms with Gasteiger partial charge in [-0.3, -0.25) is 4.79 Å². The van der Waals surface area contributed by atoms with Gasteiger partial charge in [0.1, 0.15) is 5.60 Å². The summed E-state index contributed by atoms with van der Waals surface area (Å²) in [5.41, 5.74) is 3.24. The third-order valence-electron chi connectivity index (χ3n) is 7.72. The molecule has 2 amide bonds. The highest BCUT2D eigenvalue weighted by Gasteiger charge is 2.52. The number of oxime groups is 1. The van der Waals surface area contributed by atoms with Gasteiger partial charge in [0, 0.05) is 6.42 Å². The van der Waals surface area contributed by atoms with Crippen LogP contribution in [0.4, 0.5) is 4.79 Å². The Morgan fingerprint density at radius 2 is 1.58 bits per heavy atom. The highest BCUT2D eigenvalue weighted by Crippen LogP contribution is 2.33. The fourth-order valence-corrected chi connectivity index (χ4v) is 5.36. The van der Waals surface area contributed by atoms with Gasteiger partial charge in [-0.05, 0) is 49.8 Å². The second-order valence-electron chi connectivity index (χ2n) is 11.1. The monoisotopic (exact) mass is 518 g/mol. The number of hydrogen-bond acceptors (Lipinski definition) is 5. The minimum Gasteiger partial charge on any atom is -0.441 e. The van der Waals surface area contributed by atoms with Crippen LogP contribution in [0.3, 0.4) is 0 Å². The molecule has 6 nitrogen and oxygen atoms in total. The van der Waals surface area contributed by atoms with Crippen molar-refractivity contribution in [3.05, 3.63) is 71.3 Å². The summed E-state index contributed by atoms with van der Waals surface area (Å²) in [6, 6.07) is 17.8. The lowest BCUT2D eigenvalue weighted by molar-refractivity contribution is -0.140. The minimum atomic E-state index is -0.832. The van der Waals surface area contributed by atoms with Crippen molar-refractivity contribution < 1.29 is 19.2 Å². The summed E-state index contributed by atoms with van der Waals surface area (Å²) in [4.78, 5) is 33.0. The Kier molecular flexibility index (Phi) is 9.59. The summed E-state index contributed by atoms with van der Waals surface area (Å²) in [6.07, 6.45) is 11.0. The minimum absolute atomic E-state index is 0.332. The van der Waals surface area contributed by atoms with Gasteiger partial charge in [0.2, 0.25) is 6.10 Å². The molecule has 0 unspecified atom stereocenters. The first-order chi connectivity index (χ1) is 18.4. The van der Waals surface area contributed by atoms with Crippen LogP contribution in [0.2, 0.25) is 0 Å². The van der Waals surface area contributed by atoms with Crippen molar-refractivity contribution in [2.75, 3.05) is 0 Å². The van der Waals surface area contributed by atoms with E-state index in [0.717, 1.165) is 23.3 Å². The molecule has 6 heteroatoms. The lowest BCUT2D eigenvalue weighted by atomic mass is 9.91. The van der Waals surface area contributed by atoms with E-state index < -0.39 is 29.7 Å². The molecule has 0 aliphatic carbocycles. The number of benzene rings is 2. The van der Waals surface area contributed by atoms with Gasteiger partial charge >= 0.3 is 6.09 Å². The molecular formula is C32H42N2O4. The SMILES string of the molecule is CCCCCCCCCCc1ccc(C2=NO[C@H](C(=O)N3C(=O)OC(C)(C)[C@@H]3Cc3ccccc3)C2)cc1. The molecule has 4 rings (SSSR count). The largest absolute Gasteiger partial charge is 0.441 e. The van der Waals surface area contributed by atoms with Crippen molar-refractivity contribution in [2.45, 2.75) is 109 Å². The van der Waals surface area contributed by atoms with Gasteiger partial charge in [0.05, 0.1) is 11.8 Å². The van der Waals surface area contributed by atoms with Crippen molar-refractivity contribution in [3.8, 4) is 0 Å². The number of amides is 2. The number of unbranched alkanes of at least 4 members (excludes halogenated alkanes) is 7. The number of carbonyl (C=O) groups is 2. The summed E-state index contributed by atoms with van der Waals surface area (Å²) in [7, 11) is 0. The molecular weight excluding hydrogens is 476 g/mol. The van der Waals surface area contributed by atoms with E-state index >= 15 is 0 Å². The molecule has 2 heterocycles. The maximum atomic E-state index is 13.4. The Morgan fingerprint density at radius 3 is 2.26 bits per heavy atom. The molecule has 0 aromatic heterocycles. The molecule has 2 atom stereocenters. The molecule has 38 heavy (non-hydrogen) atoms. The van der Waals surface area contributed by atoms with Crippen LogP contribution < -0.4 is 0 Å². The molecule has 1 saturated heterocycles. The highest BCUT2D eigenvalue weighted by atomic mass is 16.6. The predicted molar refractivity (Wildman–Crippen MR) is 150 cm³/mol. The van der Waals surface area contributed by atoms with Gasteiger partial charge in [0.25, 0.3) is 5.91 Å². The maximum Gasteiger partial charge on any atom is 0.417 e. The van der Waals surface area contributed by atoms with Gasteiger partial charge in [-0.15, -0.1) is 0 Å². The Morgan fingerprint density at radius 1 is 0.921 bits per heavy atom. The normalized spacial score (nSPS) is 20.2. The smallest absolute Gasteiger partial charge is 0.417 e. The molecule has 2 aromatic rings. The first kappa shape index (κ1) is 27.9. The van der Waals surface area contributed by atoms with Crippen LogP contribution in [0.25, 0.3) is 0 Å². The standard InChI is InChI=1S/C32H42N2O4/c1-4-5-6-7-8-9-10-12-15-24-18-20-26(21-19-24)27-23-28(38-33-27)30(35)34-29(32(2,3)37-31(34)36)22-25-16-13-11-14-17-25/h11,13-14,16-21,28-29H,4-10,12,15,22-23H2,1-3H3/t28-,29-/m0/s1. The van der Waals surface area contributed by atoms with Crippen LogP contribution in [0.1, 0.15) is 95.2 Å². The number of cyclic esters (lactones) is 1. The molecule has 2 aliphatic heterocycles. The van der Waals surface area contributed by atoms with Crippen LogP contribution in [0.15, 0.2) is 59.8 Å². The van der Waals surface area contributed by atoms with E-state index in [1.807, 2.05) is 44.2 Å². The third-order valence-corrected chi connectivity index (χ3v) is 7.72. The lowest BCUT2D eigenvalue weighted by Crippen LogP contribution is -2.49. The third kappa shape index (κ3) is 7.03. The molecule has 0 radical (unpaired) electrons. The van der Waals surface area contributed by atoms with E-state index in [-0.39, 0.29) is 0 Å². The van der Waals surface area contributed by atoms with Crippen molar-refractivity contribution in [2.24, 2.45) is 5.16 Å². The Bertz CT molecular complexity index is 1090. The zero-order chi connectivity index (χ0) is 27.0. The fraction of sp³-hybridized carbons (Fsp3) is 0.531. The Hall–Kier alpha value is -3.15. The van der Waals surface area contributed by atoms with Gasteiger partial charge in [-0.1, -0.05) is 112 Å². The van der Waals surface area contributed by atoms with Crippen molar-refractivity contribution in [1.82, 2.24) is 4.90 Å². The molecule has 1 fully saturated rings. The second-order valence-corrected chi connectivity index (χ2v) is 11.1. The van der Waals surface area contributed by atoms with Crippen LogP contribution >= 0.6 is 0 Å². The fourth-order valence-electron chi connectivity index (χ4n) is 5.36. The van der Waals surface area contributed by atoms with Crippen LogP contribution in [0, 0.1) is 0 Å². The van der Waals surface area contributed by atoms with Gasteiger partial charge in [-0.2, -0.15) is 0 Å². The van der Waals surface area contributed by atoms with E-state index in [1.54, 1.807) is 0 Å². The summed E-state index contributed by atoms with van der Waals surface area (Å²) in [5.74, 6) is -0.397. The van der Waals surface area contributed by atoms with E-state index in [0.29, 0.717) is 12.8 Å². The van der Waals surface area contributed by atoms with Gasteiger partial charge in [0.15, 0.2) is 0 Å². The first-order valence-electron chi connectivity index (χ1n) is 14.3. The molecule has 2 aromatic carbocycles. The summed E-state index contributed by atoms with van der Waals surface area (Å²) in [5, 5.41) is 4.21. The lowest BCUT2D eigenvalue weighted by Gasteiger charge is -2.28. The number of ether oxygens (including phenoxy) is 1. The van der Waals surface area contributed by atoms with Gasteiger partial charge in [-0.25, -0.2) is 9.69 Å². The number of imide groups is 1. The molecule has 0 bridgehead atoms. The first-order valence-corrected chi connectivity index (χ1v) is 14.3.